The number of rotatable bonds is 6. The average molecular weight is 466 g/mol. The molecule has 5 aromatic rings. The van der Waals surface area contributed by atoms with Gasteiger partial charge in [0, 0.05) is 33.8 Å². The average Bonchev–Trinajstić information content (AvgIpc) is 3.56. The number of pyridine rings is 1. The van der Waals surface area contributed by atoms with Crippen LogP contribution in [-0.2, 0) is 16.1 Å². The minimum Gasteiger partial charge on any atom is -0.451 e. The molecule has 5 heterocycles. The smallest absolute Gasteiger partial charge is 0.326 e. The Morgan fingerprint density at radius 2 is 2.19 bits per heavy atom. The van der Waals surface area contributed by atoms with Gasteiger partial charge in [-0.1, -0.05) is 11.2 Å². The van der Waals surface area contributed by atoms with Crippen molar-refractivity contribution < 1.29 is 14.1 Å². The highest BCUT2D eigenvalue weighted by molar-refractivity contribution is 7.18. The molecule has 0 N–H and O–H groups in total. The molecule has 160 valence electrons. The Bertz CT molecular complexity index is 1440. The molecule has 0 aliphatic heterocycles. The topological polar surface area (TPSA) is 113 Å². The van der Waals surface area contributed by atoms with E-state index < -0.39 is 12.1 Å². The van der Waals surface area contributed by atoms with Crippen molar-refractivity contribution in [3.63, 3.8) is 0 Å². The first-order valence-corrected chi connectivity index (χ1v) is 11.3. The molecular weight excluding hydrogens is 450 g/mol. The van der Waals surface area contributed by atoms with Gasteiger partial charge in [-0.3, -0.25) is 19.1 Å². The Morgan fingerprint density at radius 3 is 2.97 bits per heavy atom. The maximum Gasteiger partial charge on any atom is 0.326 e. The largest absolute Gasteiger partial charge is 0.451 e. The minimum absolute atomic E-state index is 0.149. The molecule has 0 aromatic carbocycles. The number of hydrogen-bond acceptors (Lipinski definition) is 10. The number of carbonyl (C=O) groups is 1. The van der Waals surface area contributed by atoms with E-state index in [-0.39, 0.29) is 18.0 Å². The third-order valence-electron chi connectivity index (χ3n) is 4.66. The number of esters is 1. The fourth-order valence-electron chi connectivity index (χ4n) is 3.13. The maximum atomic E-state index is 13.0. The zero-order valence-electron chi connectivity index (χ0n) is 16.7. The maximum absolute atomic E-state index is 13.0. The normalized spacial score (nSPS) is 12.2. The standard InChI is InChI=1S/C21H15N5O4S2/c1-12(19-24-18(25-30-19)13-4-2-6-22-8-13)29-16(27)9-26-11-23-20-17(21(26)28)14(10-32-20)15-5-3-7-31-15/h2-8,10-12H,9H2,1H3. The van der Waals surface area contributed by atoms with Gasteiger partial charge in [-0.15, -0.1) is 22.7 Å². The summed E-state index contributed by atoms with van der Waals surface area (Å²) in [5.41, 5.74) is 1.22. The van der Waals surface area contributed by atoms with E-state index in [1.54, 1.807) is 42.8 Å². The Hall–Kier alpha value is -3.70. The van der Waals surface area contributed by atoms with Crippen LogP contribution in [0.3, 0.4) is 0 Å². The molecule has 0 bridgehead atoms. The van der Waals surface area contributed by atoms with E-state index in [1.165, 1.54) is 22.2 Å². The van der Waals surface area contributed by atoms with Crippen molar-refractivity contribution in [3.05, 3.63) is 70.0 Å². The number of thiophene rings is 2. The van der Waals surface area contributed by atoms with Crippen molar-refractivity contribution in [2.24, 2.45) is 0 Å². The summed E-state index contributed by atoms with van der Waals surface area (Å²) >= 11 is 2.94. The number of aromatic nitrogens is 5. The lowest BCUT2D eigenvalue weighted by atomic mass is 10.2. The molecule has 0 fully saturated rings. The fraction of sp³-hybridized carbons (Fsp3) is 0.143. The van der Waals surface area contributed by atoms with Crippen LogP contribution in [0, 0.1) is 0 Å². The van der Waals surface area contributed by atoms with Crippen molar-refractivity contribution >= 4 is 38.9 Å². The summed E-state index contributed by atoms with van der Waals surface area (Å²) in [6.07, 6.45) is 3.83. The molecule has 5 rings (SSSR count). The van der Waals surface area contributed by atoms with Gasteiger partial charge >= 0.3 is 5.97 Å². The molecule has 0 saturated heterocycles. The van der Waals surface area contributed by atoms with Gasteiger partial charge in [-0.25, -0.2) is 4.98 Å². The van der Waals surface area contributed by atoms with E-state index in [0.29, 0.717) is 21.6 Å². The Labute approximate surface area is 189 Å². The van der Waals surface area contributed by atoms with Gasteiger partial charge in [0.05, 0.1) is 11.7 Å². The minimum atomic E-state index is -0.782. The van der Waals surface area contributed by atoms with Crippen LogP contribution in [0.5, 0.6) is 0 Å². The van der Waals surface area contributed by atoms with Crippen molar-refractivity contribution in [2.45, 2.75) is 19.6 Å². The van der Waals surface area contributed by atoms with Crippen LogP contribution in [0.1, 0.15) is 18.9 Å². The predicted octanol–water partition coefficient (Wildman–Crippen LogP) is 3.94. The van der Waals surface area contributed by atoms with E-state index in [4.69, 9.17) is 9.26 Å². The van der Waals surface area contributed by atoms with E-state index in [0.717, 1.165) is 10.4 Å². The molecular formula is C21H15N5O4S2. The van der Waals surface area contributed by atoms with Gasteiger partial charge in [0.15, 0.2) is 6.10 Å². The molecule has 0 aliphatic rings. The lowest BCUT2D eigenvalue weighted by Crippen LogP contribution is -2.26. The Kier molecular flexibility index (Phi) is 5.33. The second-order valence-corrected chi connectivity index (χ2v) is 8.62. The molecule has 32 heavy (non-hydrogen) atoms. The van der Waals surface area contributed by atoms with Gasteiger partial charge in [-0.2, -0.15) is 4.98 Å². The molecule has 11 heteroatoms. The number of carbonyl (C=O) groups excluding carboxylic acids is 1. The predicted molar refractivity (Wildman–Crippen MR) is 119 cm³/mol. The zero-order chi connectivity index (χ0) is 22.1. The third-order valence-corrected chi connectivity index (χ3v) is 6.45. The summed E-state index contributed by atoms with van der Waals surface area (Å²) in [5, 5.41) is 8.25. The number of fused-ring (bicyclic) bond motifs is 1. The summed E-state index contributed by atoms with van der Waals surface area (Å²) in [5.74, 6) is -0.119. The molecule has 1 atom stereocenters. The van der Waals surface area contributed by atoms with Crippen LogP contribution < -0.4 is 5.56 Å². The van der Waals surface area contributed by atoms with E-state index in [2.05, 4.69) is 20.1 Å². The van der Waals surface area contributed by atoms with Crippen molar-refractivity contribution in [3.8, 4) is 21.8 Å². The number of hydrogen-bond donors (Lipinski definition) is 0. The van der Waals surface area contributed by atoms with Gasteiger partial charge in [-0.05, 0) is 30.5 Å². The molecule has 5 aromatic heterocycles. The molecule has 0 spiro atoms. The first kappa shape index (κ1) is 20.2. The Balaban J connectivity index is 1.33. The monoisotopic (exact) mass is 465 g/mol. The summed E-state index contributed by atoms with van der Waals surface area (Å²) in [6, 6.07) is 7.43. The Morgan fingerprint density at radius 1 is 1.28 bits per heavy atom. The first-order valence-electron chi connectivity index (χ1n) is 9.54. The fourth-order valence-corrected chi connectivity index (χ4v) is 4.85. The molecule has 1 unspecified atom stereocenters. The van der Waals surface area contributed by atoms with Crippen LogP contribution in [0.15, 0.2) is 63.1 Å². The van der Waals surface area contributed by atoms with Crippen molar-refractivity contribution in [1.29, 1.82) is 0 Å². The quantitative estimate of drug-likeness (QED) is 0.347. The van der Waals surface area contributed by atoms with Gasteiger partial charge < -0.3 is 9.26 Å². The second-order valence-electron chi connectivity index (χ2n) is 6.81. The lowest BCUT2D eigenvalue weighted by Gasteiger charge is -2.10. The van der Waals surface area contributed by atoms with Gasteiger partial charge in [0.2, 0.25) is 5.82 Å². The van der Waals surface area contributed by atoms with E-state index >= 15 is 0 Å². The summed E-state index contributed by atoms with van der Waals surface area (Å²) < 4.78 is 11.9. The second kappa shape index (κ2) is 8.44. The summed E-state index contributed by atoms with van der Waals surface area (Å²) in [7, 11) is 0. The zero-order valence-corrected chi connectivity index (χ0v) is 18.3. The van der Waals surface area contributed by atoms with Gasteiger partial charge in [0.1, 0.15) is 11.4 Å². The van der Waals surface area contributed by atoms with Crippen LogP contribution >= 0.6 is 22.7 Å². The highest BCUT2D eigenvalue weighted by Crippen LogP contribution is 2.33. The SMILES string of the molecule is CC(OC(=O)Cn1cnc2scc(-c3cccs3)c2c1=O)c1nc(-c2cccnc2)no1. The van der Waals surface area contributed by atoms with Gasteiger partial charge in [0.25, 0.3) is 11.4 Å². The molecule has 0 aliphatic carbocycles. The van der Waals surface area contributed by atoms with Crippen LogP contribution in [0.2, 0.25) is 0 Å². The van der Waals surface area contributed by atoms with Crippen LogP contribution in [-0.4, -0.2) is 30.6 Å². The molecule has 0 radical (unpaired) electrons. The van der Waals surface area contributed by atoms with E-state index in [9.17, 15) is 9.59 Å². The highest BCUT2D eigenvalue weighted by Gasteiger charge is 2.21. The van der Waals surface area contributed by atoms with Crippen LogP contribution in [0.4, 0.5) is 0 Å². The molecule has 9 nitrogen and oxygen atoms in total. The third kappa shape index (κ3) is 3.83. The molecule has 0 saturated carbocycles. The highest BCUT2D eigenvalue weighted by atomic mass is 32.1. The summed E-state index contributed by atoms with van der Waals surface area (Å²) in [4.78, 5) is 39.8. The lowest BCUT2D eigenvalue weighted by molar-refractivity contribution is -0.150. The molecule has 0 amide bonds. The van der Waals surface area contributed by atoms with Crippen molar-refractivity contribution in [2.75, 3.05) is 0 Å². The first-order chi connectivity index (χ1) is 15.6. The number of nitrogens with zero attached hydrogens (tertiary/aromatic N) is 5. The summed E-state index contributed by atoms with van der Waals surface area (Å²) in [6.45, 7) is 1.34. The number of ether oxygens (including phenoxy) is 1. The van der Waals surface area contributed by atoms with Crippen molar-refractivity contribution in [1.82, 2.24) is 24.7 Å². The van der Waals surface area contributed by atoms with Crippen LogP contribution in [0.25, 0.3) is 32.0 Å². The van der Waals surface area contributed by atoms with E-state index in [1.807, 2.05) is 22.9 Å².